The van der Waals surface area contributed by atoms with E-state index in [0.717, 1.165) is 18.2 Å². The molecule has 2 heteroatoms. The average molecular weight is 189 g/mol. The predicted octanol–water partition coefficient (Wildman–Crippen LogP) is 2.22. The summed E-state index contributed by atoms with van der Waals surface area (Å²) in [7, 11) is 1.73. The zero-order valence-corrected chi connectivity index (χ0v) is 8.42. The molecule has 2 atom stereocenters. The van der Waals surface area contributed by atoms with E-state index in [1.165, 1.54) is 18.4 Å². The van der Waals surface area contributed by atoms with Crippen LogP contribution in [0.1, 0.15) is 35.9 Å². The van der Waals surface area contributed by atoms with Crippen LogP contribution in [0.2, 0.25) is 0 Å². The van der Waals surface area contributed by atoms with Crippen molar-refractivity contribution in [1.82, 2.24) is 5.32 Å². The Balaban J connectivity index is 2.11. The monoisotopic (exact) mass is 189 g/mol. The van der Waals surface area contributed by atoms with Crippen LogP contribution in [0.5, 0.6) is 5.75 Å². The van der Waals surface area contributed by atoms with Gasteiger partial charge in [-0.3, -0.25) is 0 Å². The van der Waals surface area contributed by atoms with Crippen molar-refractivity contribution in [1.29, 1.82) is 0 Å². The Bertz CT molecular complexity index is 353. The third-order valence-corrected chi connectivity index (χ3v) is 3.52. The van der Waals surface area contributed by atoms with Crippen molar-refractivity contribution in [2.24, 2.45) is 0 Å². The van der Waals surface area contributed by atoms with Crippen LogP contribution in [-0.2, 0) is 0 Å². The van der Waals surface area contributed by atoms with Crippen molar-refractivity contribution in [3.8, 4) is 5.75 Å². The second kappa shape index (κ2) is 2.99. The summed E-state index contributed by atoms with van der Waals surface area (Å²) in [5, 5.41) is 3.57. The van der Waals surface area contributed by atoms with E-state index in [0.29, 0.717) is 6.04 Å². The van der Waals surface area contributed by atoms with Gasteiger partial charge >= 0.3 is 0 Å². The second-order valence-electron chi connectivity index (χ2n) is 4.23. The summed E-state index contributed by atoms with van der Waals surface area (Å²) in [6, 6.07) is 7.09. The molecule has 2 aliphatic heterocycles. The Morgan fingerprint density at radius 3 is 2.93 bits per heavy atom. The Morgan fingerprint density at radius 2 is 2.21 bits per heavy atom. The molecule has 0 spiro atoms. The minimum atomic E-state index is 0.574. The van der Waals surface area contributed by atoms with Gasteiger partial charge in [0.15, 0.2) is 0 Å². The van der Waals surface area contributed by atoms with E-state index >= 15 is 0 Å². The molecule has 3 aliphatic rings. The number of nitrogens with one attached hydrogen (secondary N) is 1. The van der Waals surface area contributed by atoms with Gasteiger partial charge in [0.05, 0.1) is 7.11 Å². The SMILES string of the molecule is COc1ccc2c(c1)C1CCC2CN1. The summed E-state index contributed by atoms with van der Waals surface area (Å²) < 4.78 is 5.26. The molecule has 1 saturated heterocycles. The molecule has 2 nitrogen and oxygen atoms in total. The first kappa shape index (κ1) is 8.30. The van der Waals surface area contributed by atoms with Gasteiger partial charge in [0, 0.05) is 12.6 Å². The van der Waals surface area contributed by atoms with Crippen molar-refractivity contribution >= 4 is 0 Å². The van der Waals surface area contributed by atoms with Crippen molar-refractivity contribution in [2.75, 3.05) is 13.7 Å². The topological polar surface area (TPSA) is 21.3 Å². The summed E-state index contributed by atoms with van der Waals surface area (Å²) >= 11 is 0. The fraction of sp³-hybridized carbons (Fsp3) is 0.500. The van der Waals surface area contributed by atoms with Crippen LogP contribution in [0.3, 0.4) is 0 Å². The highest BCUT2D eigenvalue weighted by molar-refractivity contribution is 5.43. The Morgan fingerprint density at radius 1 is 1.29 bits per heavy atom. The van der Waals surface area contributed by atoms with Crippen molar-refractivity contribution in [2.45, 2.75) is 24.8 Å². The fourth-order valence-electron chi connectivity index (χ4n) is 2.74. The van der Waals surface area contributed by atoms with E-state index in [-0.39, 0.29) is 0 Å². The zero-order valence-electron chi connectivity index (χ0n) is 8.42. The van der Waals surface area contributed by atoms with Crippen LogP contribution in [0, 0.1) is 0 Å². The maximum absolute atomic E-state index is 5.26. The number of fused-ring (bicyclic) bond motifs is 2. The number of ether oxygens (including phenoxy) is 1. The van der Waals surface area contributed by atoms with Crippen LogP contribution >= 0.6 is 0 Å². The molecule has 0 radical (unpaired) electrons. The number of benzene rings is 1. The molecule has 1 fully saturated rings. The Labute approximate surface area is 84.3 Å². The van der Waals surface area contributed by atoms with Gasteiger partial charge in [0.25, 0.3) is 0 Å². The highest BCUT2D eigenvalue weighted by Crippen LogP contribution is 2.42. The lowest BCUT2D eigenvalue weighted by molar-refractivity contribution is 0.334. The molecular weight excluding hydrogens is 174 g/mol. The zero-order chi connectivity index (χ0) is 9.54. The molecule has 2 heterocycles. The largest absolute Gasteiger partial charge is 0.497 e. The third-order valence-electron chi connectivity index (χ3n) is 3.52. The number of hydrogen-bond acceptors (Lipinski definition) is 2. The molecule has 1 N–H and O–H groups in total. The first-order chi connectivity index (χ1) is 6.88. The van der Waals surface area contributed by atoms with Crippen molar-refractivity contribution < 1.29 is 4.74 Å². The normalized spacial score (nSPS) is 28.6. The maximum Gasteiger partial charge on any atom is 0.119 e. The quantitative estimate of drug-likeness (QED) is 0.731. The van der Waals surface area contributed by atoms with Gasteiger partial charge in [0.1, 0.15) is 5.75 Å². The molecule has 2 unspecified atom stereocenters. The van der Waals surface area contributed by atoms with Crippen LogP contribution in [-0.4, -0.2) is 13.7 Å². The minimum Gasteiger partial charge on any atom is -0.497 e. The Kier molecular flexibility index (Phi) is 1.77. The lowest BCUT2D eigenvalue weighted by atomic mass is 9.76. The number of methoxy groups -OCH3 is 1. The molecule has 0 aromatic heterocycles. The van der Waals surface area contributed by atoms with E-state index in [1.54, 1.807) is 12.7 Å². The first-order valence-electron chi connectivity index (χ1n) is 5.29. The van der Waals surface area contributed by atoms with Gasteiger partial charge in [-0.15, -0.1) is 0 Å². The molecule has 74 valence electrons. The van der Waals surface area contributed by atoms with Gasteiger partial charge in [-0.2, -0.15) is 0 Å². The van der Waals surface area contributed by atoms with Crippen LogP contribution < -0.4 is 10.1 Å². The van der Waals surface area contributed by atoms with Gasteiger partial charge in [-0.25, -0.2) is 0 Å². The van der Waals surface area contributed by atoms with Crippen LogP contribution in [0.25, 0.3) is 0 Å². The molecular formula is C12H15NO. The lowest BCUT2D eigenvalue weighted by Crippen LogP contribution is -2.38. The van der Waals surface area contributed by atoms with Crippen LogP contribution in [0.4, 0.5) is 0 Å². The van der Waals surface area contributed by atoms with Gasteiger partial charge < -0.3 is 10.1 Å². The predicted molar refractivity (Wildman–Crippen MR) is 55.7 cm³/mol. The van der Waals surface area contributed by atoms with Gasteiger partial charge in [0.2, 0.25) is 0 Å². The summed E-state index contributed by atoms with van der Waals surface area (Å²) in [4.78, 5) is 0. The fourth-order valence-corrected chi connectivity index (χ4v) is 2.74. The standard InChI is InChI=1S/C12H15NO/c1-14-9-3-4-10-8-2-5-12(13-7-8)11(10)6-9/h3-4,6,8,12-13H,2,5,7H2,1H3. The molecule has 0 amide bonds. The van der Waals surface area contributed by atoms with Crippen molar-refractivity contribution in [3.63, 3.8) is 0 Å². The molecule has 1 aromatic carbocycles. The average Bonchev–Trinajstić information content (AvgIpc) is 2.30. The second-order valence-corrected chi connectivity index (χ2v) is 4.23. The maximum atomic E-state index is 5.26. The molecule has 1 aliphatic carbocycles. The van der Waals surface area contributed by atoms with E-state index in [9.17, 15) is 0 Å². The van der Waals surface area contributed by atoms with Crippen LogP contribution in [0.15, 0.2) is 18.2 Å². The number of piperidine rings is 1. The minimum absolute atomic E-state index is 0.574. The highest BCUT2D eigenvalue weighted by Gasteiger charge is 2.32. The van der Waals surface area contributed by atoms with E-state index in [2.05, 4.69) is 23.5 Å². The van der Waals surface area contributed by atoms with Crippen molar-refractivity contribution in [3.05, 3.63) is 29.3 Å². The lowest BCUT2D eigenvalue weighted by Gasteiger charge is -2.39. The van der Waals surface area contributed by atoms with Gasteiger partial charge in [-0.1, -0.05) is 6.07 Å². The van der Waals surface area contributed by atoms with E-state index in [1.807, 2.05) is 0 Å². The Hall–Kier alpha value is -1.02. The summed E-state index contributed by atoms with van der Waals surface area (Å²) in [6.07, 6.45) is 2.63. The number of hydrogen-bond donors (Lipinski definition) is 1. The van der Waals surface area contributed by atoms with E-state index in [4.69, 9.17) is 4.74 Å². The molecule has 1 aromatic rings. The summed E-state index contributed by atoms with van der Waals surface area (Å²) in [6.45, 7) is 1.16. The number of rotatable bonds is 1. The molecule has 0 saturated carbocycles. The van der Waals surface area contributed by atoms with Gasteiger partial charge in [-0.05, 0) is 42.0 Å². The smallest absolute Gasteiger partial charge is 0.119 e. The summed E-state index contributed by atoms with van der Waals surface area (Å²) in [5.74, 6) is 1.72. The van der Waals surface area contributed by atoms with E-state index < -0.39 is 0 Å². The molecule has 2 bridgehead atoms. The first-order valence-corrected chi connectivity index (χ1v) is 5.29. The highest BCUT2D eigenvalue weighted by atomic mass is 16.5. The summed E-state index contributed by atoms with van der Waals surface area (Å²) in [5.41, 5.74) is 3.01. The molecule has 4 rings (SSSR count). The third kappa shape index (κ3) is 1.07. The molecule has 14 heavy (non-hydrogen) atoms.